The van der Waals surface area contributed by atoms with Crippen LogP contribution in [0.25, 0.3) is 0 Å². The summed E-state index contributed by atoms with van der Waals surface area (Å²) in [5.41, 5.74) is -0.585. The minimum atomic E-state index is -0.671. The summed E-state index contributed by atoms with van der Waals surface area (Å²) in [4.78, 5) is 11.3. The number of carboxylic acid groups (broad SMARTS) is 1. The van der Waals surface area contributed by atoms with Crippen LogP contribution in [0.3, 0.4) is 0 Å². The zero-order valence-electron chi connectivity index (χ0n) is 10.7. The molecule has 0 saturated carbocycles. The third-order valence-corrected chi connectivity index (χ3v) is 4.01. The molecule has 0 aromatic rings. The number of carbonyl (C=O) groups is 1. The molecular weight excluding hydrogens is 204 g/mol. The molecule has 1 fully saturated rings. The van der Waals surface area contributed by atoms with E-state index in [4.69, 9.17) is 4.74 Å². The first-order valence-corrected chi connectivity index (χ1v) is 6.32. The predicted octanol–water partition coefficient (Wildman–Crippen LogP) is 3.08. The van der Waals surface area contributed by atoms with Gasteiger partial charge in [0.15, 0.2) is 0 Å². The summed E-state index contributed by atoms with van der Waals surface area (Å²) >= 11 is 0. The highest BCUT2D eigenvalue weighted by Gasteiger charge is 2.36. The van der Waals surface area contributed by atoms with Crippen molar-refractivity contribution in [3.63, 3.8) is 0 Å². The van der Waals surface area contributed by atoms with E-state index in [1.165, 1.54) is 0 Å². The van der Waals surface area contributed by atoms with Crippen LogP contribution >= 0.6 is 0 Å². The Kier molecular flexibility index (Phi) is 4.78. The van der Waals surface area contributed by atoms with Gasteiger partial charge in [0.05, 0.1) is 11.5 Å². The third kappa shape index (κ3) is 3.21. The third-order valence-electron chi connectivity index (χ3n) is 4.01. The maximum Gasteiger partial charge on any atom is 0.309 e. The first-order valence-electron chi connectivity index (χ1n) is 6.32. The number of hydrogen-bond acceptors (Lipinski definition) is 2. The molecule has 3 nitrogen and oxygen atoms in total. The zero-order valence-corrected chi connectivity index (χ0v) is 10.7. The van der Waals surface area contributed by atoms with Crippen molar-refractivity contribution in [1.82, 2.24) is 0 Å². The molecule has 0 spiro atoms. The molecule has 0 aliphatic carbocycles. The van der Waals surface area contributed by atoms with Gasteiger partial charge in [-0.1, -0.05) is 13.8 Å². The molecule has 0 aromatic heterocycles. The van der Waals surface area contributed by atoms with Crippen LogP contribution in [0.4, 0.5) is 0 Å². The van der Waals surface area contributed by atoms with Crippen molar-refractivity contribution in [2.24, 2.45) is 11.3 Å². The Balaban J connectivity index is 2.35. The Morgan fingerprint density at radius 2 is 2.25 bits per heavy atom. The molecule has 1 aliphatic rings. The molecule has 2 atom stereocenters. The fraction of sp³-hybridized carbons (Fsp3) is 0.923. The summed E-state index contributed by atoms with van der Waals surface area (Å²) in [7, 11) is 0. The number of aliphatic carboxylic acids is 1. The van der Waals surface area contributed by atoms with Gasteiger partial charge in [-0.2, -0.15) is 0 Å². The van der Waals surface area contributed by atoms with Crippen molar-refractivity contribution < 1.29 is 14.6 Å². The lowest BCUT2D eigenvalue weighted by Crippen LogP contribution is -2.33. The van der Waals surface area contributed by atoms with Gasteiger partial charge in [-0.15, -0.1) is 0 Å². The minimum Gasteiger partial charge on any atom is -0.481 e. The van der Waals surface area contributed by atoms with E-state index >= 15 is 0 Å². The Morgan fingerprint density at radius 1 is 1.56 bits per heavy atom. The highest BCUT2D eigenvalue weighted by Crippen LogP contribution is 2.34. The van der Waals surface area contributed by atoms with Crippen molar-refractivity contribution >= 4 is 5.97 Å². The van der Waals surface area contributed by atoms with Crippen LogP contribution in [-0.4, -0.2) is 23.8 Å². The van der Waals surface area contributed by atoms with Crippen molar-refractivity contribution in [2.45, 2.75) is 59.0 Å². The van der Waals surface area contributed by atoms with Gasteiger partial charge in [0.25, 0.3) is 0 Å². The van der Waals surface area contributed by atoms with Gasteiger partial charge >= 0.3 is 5.97 Å². The van der Waals surface area contributed by atoms with Gasteiger partial charge < -0.3 is 9.84 Å². The van der Waals surface area contributed by atoms with Crippen LogP contribution in [0.2, 0.25) is 0 Å². The predicted molar refractivity (Wildman–Crippen MR) is 63.4 cm³/mol. The molecule has 2 unspecified atom stereocenters. The number of rotatable bonds is 6. The van der Waals surface area contributed by atoms with E-state index < -0.39 is 11.4 Å². The monoisotopic (exact) mass is 228 g/mol. The fourth-order valence-corrected chi connectivity index (χ4v) is 2.21. The maximum atomic E-state index is 11.3. The first-order chi connectivity index (χ1) is 7.47. The lowest BCUT2D eigenvalue weighted by atomic mass is 9.75. The largest absolute Gasteiger partial charge is 0.481 e. The second-order valence-electron chi connectivity index (χ2n) is 5.40. The Bertz CT molecular complexity index is 231. The van der Waals surface area contributed by atoms with Gasteiger partial charge in [0.1, 0.15) is 0 Å². The lowest BCUT2D eigenvalue weighted by Gasteiger charge is -2.29. The molecule has 1 rings (SSSR count). The standard InChI is InChI=1S/C13H24O3/c1-10(2)13(3,12(14)15)8-4-6-11-7-5-9-16-11/h10-11H,4-9H2,1-3H3,(H,14,15). The van der Waals surface area contributed by atoms with Crippen molar-refractivity contribution in [3.8, 4) is 0 Å². The summed E-state index contributed by atoms with van der Waals surface area (Å²) in [6.45, 7) is 6.71. The number of ether oxygens (including phenoxy) is 1. The molecular formula is C13H24O3. The number of hydrogen-bond donors (Lipinski definition) is 1. The van der Waals surface area contributed by atoms with Gasteiger partial charge in [-0.3, -0.25) is 4.79 Å². The minimum absolute atomic E-state index is 0.175. The Morgan fingerprint density at radius 3 is 2.69 bits per heavy atom. The zero-order chi connectivity index (χ0) is 12.2. The SMILES string of the molecule is CC(C)C(C)(CCCC1CCCO1)C(=O)O. The molecule has 94 valence electrons. The topological polar surface area (TPSA) is 46.5 Å². The van der Waals surface area contributed by atoms with Crippen LogP contribution in [-0.2, 0) is 9.53 Å². The van der Waals surface area contributed by atoms with Crippen LogP contribution in [0, 0.1) is 11.3 Å². The summed E-state index contributed by atoms with van der Waals surface area (Å²) in [5, 5.41) is 9.26. The van der Waals surface area contributed by atoms with Crippen LogP contribution in [0.5, 0.6) is 0 Å². The summed E-state index contributed by atoms with van der Waals surface area (Å²) in [5.74, 6) is -0.496. The number of carboxylic acids is 1. The van der Waals surface area contributed by atoms with Gasteiger partial charge in [-0.05, 0) is 44.9 Å². The molecule has 1 aliphatic heterocycles. The lowest BCUT2D eigenvalue weighted by molar-refractivity contribution is -0.151. The van der Waals surface area contributed by atoms with E-state index in [0.717, 1.165) is 38.7 Å². The van der Waals surface area contributed by atoms with Gasteiger partial charge in [0.2, 0.25) is 0 Å². The van der Waals surface area contributed by atoms with E-state index in [-0.39, 0.29) is 5.92 Å². The smallest absolute Gasteiger partial charge is 0.309 e. The van der Waals surface area contributed by atoms with Gasteiger partial charge in [-0.25, -0.2) is 0 Å². The van der Waals surface area contributed by atoms with E-state index in [1.807, 2.05) is 20.8 Å². The maximum absolute atomic E-state index is 11.3. The molecule has 1 heterocycles. The normalized spacial score (nSPS) is 24.6. The fourth-order valence-electron chi connectivity index (χ4n) is 2.21. The van der Waals surface area contributed by atoms with Crippen molar-refractivity contribution in [3.05, 3.63) is 0 Å². The van der Waals surface area contributed by atoms with E-state index in [1.54, 1.807) is 0 Å². The second kappa shape index (κ2) is 5.67. The van der Waals surface area contributed by atoms with Crippen LogP contribution in [0.1, 0.15) is 52.9 Å². The first kappa shape index (κ1) is 13.5. The van der Waals surface area contributed by atoms with E-state index in [2.05, 4.69) is 0 Å². The molecule has 0 bridgehead atoms. The van der Waals surface area contributed by atoms with E-state index in [9.17, 15) is 9.90 Å². The molecule has 0 amide bonds. The molecule has 1 saturated heterocycles. The molecule has 16 heavy (non-hydrogen) atoms. The molecule has 0 aromatic carbocycles. The Labute approximate surface area is 98.2 Å². The highest BCUT2D eigenvalue weighted by atomic mass is 16.5. The van der Waals surface area contributed by atoms with Gasteiger partial charge in [0, 0.05) is 6.61 Å². The van der Waals surface area contributed by atoms with Crippen molar-refractivity contribution in [2.75, 3.05) is 6.61 Å². The highest BCUT2D eigenvalue weighted by molar-refractivity contribution is 5.74. The van der Waals surface area contributed by atoms with Crippen LogP contribution in [0.15, 0.2) is 0 Å². The van der Waals surface area contributed by atoms with Crippen molar-refractivity contribution in [1.29, 1.82) is 0 Å². The quantitative estimate of drug-likeness (QED) is 0.760. The summed E-state index contributed by atoms with van der Waals surface area (Å²) in [6.07, 6.45) is 5.39. The summed E-state index contributed by atoms with van der Waals surface area (Å²) < 4.78 is 5.54. The summed E-state index contributed by atoms with van der Waals surface area (Å²) in [6, 6.07) is 0. The second-order valence-corrected chi connectivity index (χ2v) is 5.40. The molecule has 3 heteroatoms. The Hall–Kier alpha value is -0.570. The van der Waals surface area contributed by atoms with E-state index in [0.29, 0.717) is 6.10 Å². The average molecular weight is 228 g/mol. The molecule has 1 N–H and O–H groups in total. The average Bonchev–Trinajstić information content (AvgIpc) is 2.69. The van der Waals surface area contributed by atoms with Crippen LogP contribution < -0.4 is 0 Å². The molecule has 0 radical (unpaired) electrons.